The van der Waals surface area contributed by atoms with Gasteiger partial charge in [0.05, 0.1) is 6.04 Å². The summed E-state index contributed by atoms with van der Waals surface area (Å²) in [6.45, 7) is 2.96. The van der Waals surface area contributed by atoms with Gasteiger partial charge in [0.1, 0.15) is 5.54 Å². The zero-order chi connectivity index (χ0) is 12.9. The molecule has 0 radical (unpaired) electrons. The minimum Gasteiger partial charge on any atom is -0.480 e. The molecule has 0 saturated heterocycles. The van der Waals surface area contributed by atoms with Crippen molar-refractivity contribution in [1.82, 2.24) is 4.90 Å². The molecule has 0 unspecified atom stereocenters. The van der Waals surface area contributed by atoms with Crippen LogP contribution in [0.5, 0.6) is 0 Å². The van der Waals surface area contributed by atoms with E-state index in [0.717, 1.165) is 5.75 Å². The van der Waals surface area contributed by atoms with Gasteiger partial charge in [0.2, 0.25) is 5.91 Å². The first-order valence-electron chi connectivity index (χ1n) is 5.00. The molecule has 0 aromatic carbocycles. The highest BCUT2D eigenvalue weighted by Gasteiger charge is 2.36. The quantitative estimate of drug-likeness (QED) is 0.710. The van der Waals surface area contributed by atoms with Gasteiger partial charge >= 0.3 is 5.97 Å². The van der Waals surface area contributed by atoms with Crippen LogP contribution in [0.15, 0.2) is 0 Å². The Balaban J connectivity index is 4.54. The Morgan fingerprint density at radius 1 is 1.50 bits per heavy atom. The molecule has 5 nitrogen and oxygen atoms in total. The molecule has 16 heavy (non-hydrogen) atoms. The highest BCUT2D eigenvalue weighted by molar-refractivity contribution is 7.98. The second kappa shape index (κ2) is 6.10. The zero-order valence-corrected chi connectivity index (χ0v) is 11.0. The van der Waals surface area contributed by atoms with Crippen molar-refractivity contribution in [3.05, 3.63) is 0 Å². The van der Waals surface area contributed by atoms with E-state index in [0.29, 0.717) is 6.42 Å². The van der Waals surface area contributed by atoms with E-state index in [9.17, 15) is 9.59 Å². The number of carboxylic acids is 1. The van der Waals surface area contributed by atoms with Crippen LogP contribution >= 0.6 is 11.8 Å². The summed E-state index contributed by atoms with van der Waals surface area (Å²) in [5, 5.41) is 8.98. The number of thioether (sulfide) groups is 1. The van der Waals surface area contributed by atoms with Gasteiger partial charge in [-0.2, -0.15) is 11.8 Å². The van der Waals surface area contributed by atoms with Gasteiger partial charge in [0.15, 0.2) is 0 Å². The number of amides is 1. The van der Waals surface area contributed by atoms with Crippen molar-refractivity contribution in [2.75, 3.05) is 19.1 Å². The molecule has 0 spiro atoms. The number of hydrogen-bond donors (Lipinski definition) is 2. The average Bonchev–Trinajstić information content (AvgIpc) is 2.23. The van der Waals surface area contributed by atoms with Crippen LogP contribution in [0.4, 0.5) is 0 Å². The number of nitrogens with two attached hydrogens (primary N) is 1. The minimum atomic E-state index is -1.23. The molecule has 6 heteroatoms. The number of hydrogen-bond acceptors (Lipinski definition) is 4. The van der Waals surface area contributed by atoms with E-state index in [-0.39, 0.29) is 5.91 Å². The molecular formula is C10H20N2O3S. The van der Waals surface area contributed by atoms with Crippen LogP contribution in [0.3, 0.4) is 0 Å². The summed E-state index contributed by atoms with van der Waals surface area (Å²) in [5.41, 5.74) is 4.48. The van der Waals surface area contributed by atoms with Gasteiger partial charge in [-0.3, -0.25) is 4.79 Å². The number of nitrogens with zero attached hydrogens (tertiary/aromatic N) is 1. The summed E-state index contributed by atoms with van der Waals surface area (Å²) in [7, 11) is 1.47. The van der Waals surface area contributed by atoms with E-state index >= 15 is 0 Å². The molecule has 0 aliphatic carbocycles. The highest BCUT2D eigenvalue weighted by atomic mass is 32.2. The molecule has 0 aromatic heterocycles. The lowest BCUT2D eigenvalue weighted by Crippen LogP contribution is -2.55. The summed E-state index contributed by atoms with van der Waals surface area (Å²) >= 11 is 1.61. The third-order valence-electron chi connectivity index (χ3n) is 2.64. The van der Waals surface area contributed by atoms with Crippen molar-refractivity contribution in [2.45, 2.75) is 31.8 Å². The van der Waals surface area contributed by atoms with Crippen molar-refractivity contribution in [1.29, 1.82) is 0 Å². The summed E-state index contributed by atoms with van der Waals surface area (Å²) in [6, 6.07) is -0.629. The fourth-order valence-corrected chi connectivity index (χ4v) is 1.53. The first-order chi connectivity index (χ1) is 7.25. The lowest BCUT2D eigenvalue weighted by Gasteiger charge is -2.33. The van der Waals surface area contributed by atoms with E-state index < -0.39 is 17.6 Å². The maximum atomic E-state index is 11.8. The van der Waals surface area contributed by atoms with Crippen molar-refractivity contribution in [2.24, 2.45) is 5.73 Å². The van der Waals surface area contributed by atoms with E-state index in [2.05, 4.69) is 0 Å². The monoisotopic (exact) mass is 248 g/mol. The van der Waals surface area contributed by atoms with Crippen molar-refractivity contribution in [3.63, 3.8) is 0 Å². The third kappa shape index (κ3) is 3.68. The molecule has 0 bridgehead atoms. The van der Waals surface area contributed by atoms with E-state index in [1.807, 2.05) is 6.26 Å². The number of rotatable bonds is 6. The molecule has 0 rings (SSSR count). The number of carboxylic acid groups (broad SMARTS) is 1. The predicted molar refractivity (Wildman–Crippen MR) is 65.5 cm³/mol. The van der Waals surface area contributed by atoms with Crippen molar-refractivity contribution < 1.29 is 14.7 Å². The molecular weight excluding hydrogens is 228 g/mol. The van der Waals surface area contributed by atoms with Gasteiger partial charge < -0.3 is 15.7 Å². The Bertz CT molecular complexity index is 269. The molecule has 1 atom stereocenters. The lowest BCUT2D eigenvalue weighted by molar-refractivity contribution is -0.155. The van der Waals surface area contributed by atoms with E-state index in [4.69, 9.17) is 10.8 Å². The van der Waals surface area contributed by atoms with Crippen molar-refractivity contribution >= 4 is 23.6 Å². The van der Waals surface area contributed by atoms with Crippen LogP contribution in [-0.4, -0.2) is 52.5 Å². The fourth-order valence-electron chi connectivity index (χ4n) is 1.04. The standard InChI is InChI=1S/C10H20N2O3S/c1-10(2,9(14)15)12(3)8(13)7(11)5-6-16-4/h7H,5-6,11H2,1-4H3,(H,14,15)/t7-/m0/s1. The summed E-state index contributed by atoms with van der Waals surface area (Å²) < 4.78 is 0. The van der Waals surface area contributed by atoms with Crippen LogP contribution in [0.25, 0.3) is 0 Å². The molecule has 0 aromatic rings. The van der Waals surface area contributed by atoms with Crippen LogP contribution < -0.4 is 5.73 Å². The van der Waals surface area contributed by atoms with Gasteiger partial charge in [0.25, 0.3) is 0 Å². The second-order valence-electron chi connectivity index (χ2n) is 4.15. The van der Waals surface area contributed by atoms with Gasteiger partial charge in [-0.15, -0.1) is 0 Å². The third-order valence-corrected chi connectivity index (χ3v) is 3.29. The van der Waals surface area contributed by atoms with Crippen LogP contribution in [-0.2, 0) is 9.59 Å². The van der Waals surface area contributed by atoms with Crippen LogP contribution in [0, 0.1) is 0 Å². The molecule has 1 amide bonds. The number of carbonyl (C=O) groups excluding carboxylic acids is 1. The van der Waals surface area contributed by atoms with Gasteiger partial charge in [-0.05, 0) is 32.3 Å². The Kier molecular flexibility index (Phi) is 5.81. The smallest absolute Gasteiger partial charge is 0.329 e. The van der Waals surface area contributed by atoms with Crippen LogP contribution in [0.1, 0.15) is 20.3 Å². The molecule has 3 N–H and O–H groups in total. The predicted octanol–water partition coefficient (Wildman–Crippen LogP) is 0.388. The van der Waals surface area contributed by atoms with Gasteiger partial charge in [0, 0.05) is 7.05 Å². The van der Waals surface area contributed by atoms with Gasteiger partial charge in [-0.1, -0.05) is 0 Å². The summed E-state index contributed by atoms with van der Waals surface area (Å²) in [5.74, 6) is -0.587. The number of aliphatic carboxylic acids is 1. The Morgan fingerprint density at radius 2 is 2.00 bits per heavy atom. The average molecular weight is 248 g/mol. The van der Waals surface area contributed by atoms with E-state index in [1.165, 1.54) is 25.8 Å². The molecule has 0 aliphatic rings. The number of likely N-dealkylation sites (N-methyl/N-ethyl adjacent to an activating group) is 1. The molecule has 94 valence electrons. The maximum Gasteiger partial charge on any atom is 0.329 e. The van der Waals surface area contributed by atoms with Gasteiger partial charge in [-0.25, -0.2) is 4.79 Å². The zero-order valence-electron chi connectivity index (χ0n) is 10.2. The second-order valence-corrected chi connectivity index (χ2v) is 5.13. The number of carbonyl (C=O) groups is 2. The van der Waals surface area contributed by atoms with E-state index in [1.54, 1.807) is 11.8 Å². The topological polar surface area (TPSA) is 83.6 Å². The highest BCUT2D eigenvalue weighted by Crippen LogP contribution is 2.14. The Hall–Kier alpha value is -0.750. The fraction of sp³-hybridized carbons (Fsp3) is 0.800. The molecule has 0 heterocycles. The SMILES string of the molecule is CSCC[C@H](N)C(=O)N(C)C(C)(C)C(=O)O. The van der Waals surface area contributed by atoms with Crippen molar-refractivity contribution in [3.8, 4) is 0 Å². The molecule has 0 saturated carbocycles. The molecule has 0 fully saturated rings. The summed E-state index contributed by atoms with van der Waals surface area (Å²) in [4.78, 5) is 24.0. The minimum absolute atomic E-state index is 0.332. The Morgan fingerprint density at radius 3 is 2.38 bits per heavy atom. The lowest BCUT2D eigenvalue weighted by atomic mass is 10.0. The Labute approximate surface area is 100 Å². The summed E-state index contributed by atoms with van der Waals surface area (Å²) in [6.07, 6.45) is 2.49. The maximum absolute atomic E-state index is 11.8. The first-order valence-corrected chi connectivity index (χ1v) is 6.40. The first kappa shape index (κ1) is 15.2. The largest absolute Gasteiger partial charge is 0.480 e. The normalized spacial score (nSPS) is 13.3. The molecule has 0 aliphatic heterocycles. The van der Waals surface area contributed by atoms with Crippen LogP contribution in [0.2, 0.25) is 0 Å².